The van der Waals surface area contributed by atoms with Crippen LogP contribution in [0.2, 0.25) is 0 Å². The van der Waals surface area contributed by atoms with Gasteiger partial charge in [0.1, 0.15) is 65.9 Å². The number of phenolic OH excluding ortho intramolecular Hbond substituents is 2. The number of nitrogens with zero attached hydrogens (tertiary/aromatic N) is 1. The average molecular weight is 1280 g/mol. The first-order valence-electron chi connectivity index (χ1n) is 29.7. The molecule has 10 amide bonds. The molecule has 0 unspecified atom stereocenters. The quantitative estimate of drug-likeness (QED) is 0.0169. The van der Waals surface area contributed by atoms with Crippen molar-refractivity contribution in [1.29, 1.82) is 5.41 Å². The molecule has 0 radical (unpaired) electrons. The third-order valence-electron chi connectivity index (χ3n) is 14.4. The molecule has 23 N–H and O–H groups in total. The molecule has 33 heteroatoms. The highest BCUT2D eigenvalue weighted by Gasteiger charge is 2.39. The number of aromatic hydroxyl groups is 2. The number of unbranched alkanes of at least 4 members (excludes halogenated alkanes) is 1. The van der Waals surface area contributed by atoms with Crippen molar-refractivity contribution in [3.05, 3.63) is 59.7 Å². The Labute approximate surface area is 525 Å². The number of guanidine groups is 1. The number of amides is 10. The molecule has 10 atom stereocenters. The van der Waals surface area contributed by atoms with Gasteiger partial charge in [0.25, 0.3) is 0 Å². The SMILES string of the molecule is CC(C)C[C@H](NC(=O)[C@@H]1CCCN1C(=O)CNC(=O)[C@@H](N)CCCNC(=N)N)C(=O)N[C@H](C(=O)N[C@@H](CCCCN)C(=O)N[C@@H](Cc1ccc(O)cc1)C(=O)N[C@@H](CO)C(=O)N[C@@H](CO)C(=O)N[C@@H](CC(=O)O)C(=O)N[C@@H](Cc1ccc(O)cc1)C(=O)O)C(C)C. The number of aliphatic carboxylic acids is 2. The van der Waals surface area contributed by atoms with Crippen molar-refractivity contribution in [3.63, 3.8) is 0 Å². The first kappa shape index (κ1) is 76.0. The maximum atomic E-state index is 14.4. The van der Waals surface area contributed by atoms with Crippen LogP contribution in [0.15, 0.2) is 48.5 Å². The van der Waals surface area contributed by atoms with Gasteiger partial charge in [0.2, 0.25) is 59.1 Å². The third-order valence-corrected chi connectivity index (χ3v) is 14.4. The van der Waals surface area contributed by atoms with Gasteiger partial charge in [-0.15, -0.1) is 0 Å². The van der Waals surface area contributed by atoms with E-state index >= 15 is 0 Å². The largest absolute Gasteiger partial charge is 0.508 e. The van der Waals surface area contributed by atoms with Crippen LogP contribution in [0.25, 0.3) is 0 Å². The second-order valence-corrected chi connectivity index (χ2v) is 22.7. The van der Waals surface area contributed by atoms with E-state index in [2.05, 4.69) is 53.2 Å². The van der Waals surface area contributed by atoms with Crippen LogP contribution >= 0.6 is 0 Å². The highest BCUT2D eigenvalue weighted by Crippen LogP contribution is 2.20. The fourth-order valence-corrected chi connectivity index (χ4v) is 9.47. The molecule has 0 aliphatic carbocycles. The van der Waals surface area contributed by atoms with Gasteiger partial charge in [-0.05, 0) is 105 Å². The Morgan fingerprint density at radius 2 is 1.07 bits per heavy atom. The summed E-state index contributed by atoms with van der Waals surface area (Å²) in [4.78, 5) is 163. The molecular formula is C58H89N15O18. The minimum absolute atomic E-state index is 0.0681. The zero-order valence-electron chi connectivity index (χ0n) is 51.3. The first-order chi connectivity index (χ1) is 43.0. The zero-order chi connectivity index (χ0) is 68.1. The summed E-state index contributed by atoms with van der Waals surface area (Å²) in [6, 6.07) is -4.50. The molecule has 0 aromatic heterocycles. The number of nitrogens with one attached hydrogen (secondary N) is 11. The molecule has 1 saturated heterocycles. The van der Waals surface area contributed by atoms with Gasteiger partial charge in [0.15, 0.2) is 5.96 Å². The predicted octanol–water partition coefficient (Wildman–Crippen LogP) is -5.17. The Bertz CT molecular complexity index is 2830. The number of hydrogen-bond acceptors (Lipinski definition) is 19. The number of aliphatic hydroxyl groups excluding tert-OH is 2. The molecule has 0 bridgehead atoms. The van der Waals surface area contributed by atoms with Crippen LogP contribution in [0.3, 0.4) is 0 Å². The molecule has 0 saturated carbocycles. The summed E-state index contributed by atoms with van der Waals surface area (Å²) < 4.78 is 0. The topological polar surface area (TPSA) is 552 Å². The summed E-state index contributed by atoms with van der Waals surface area (Å²) in [5.41, 5.74) is 17.7. The van der Waals surface area contributed by atoms with Gasteiger partial charge in [0, 0.05) is 25.9 Å². The lowest BCUT2D eigenvalue weighted by Gasteiger charge is -2.30. The summed E-state index contributed by atoms with van der Waals surface area (Å²) in [6.07, 6.45) is 0.186. The number of rotatable bonds is 39. The van der Waals surface area contributed by atoms with Crippen molar-refractivity contribution in [2.75, 3.05) is 39.4 Å². The monoisotopic (exact) mass is 1280 g/mol. The van der Waals surface area contributed by atoms with Crippen LogP contribution in [0.4, 0.5) is 0 Å². The summed E-state index contributed by atoms with van der Waals surface area (Å²) in [7, 11) is 0. The van der Waals surface area contributed by atoms with Gasteiger partial charge in [-0.25, -0.2) is 4.79 Å². The van der Waals surface area contributed by atoms with Gasteiger partial charge in [-0.1, -0.05) is 52.0 Å². The highest BCUT2D eigenvalue weighted by atomic mass is 16.4. The second kappa shape index (κ2) is 38.4. The van der Waals surface area contributed by atoms with E-state index in [0.29, 0.717) is 36.9 Å². The van der Waals surface area contributed by atoms with Crippen LogP contribution in [-0.2, 0) is 70.4 Å². The Morgan fingerprint density at radius 1 is 0.582 bits per heavy atom. The standard InChI is InChI=1S/C58H89N15O18/c1-30(2)23-38(68-55(88)44-11-8-22-73(44)45(78)27-64-48(81)36(60)9-7-21-63-58(61)62)52(85)72-47(31(3)4)56(89)65-37(10-5-6-20-59)49(82)66-39(24-32-12-16-34(76)17-13-32)50(83)70-43(29-75)54(87)71-42(28-74)53(86)67-40(26-46(79)80)51(84)69-41(57(90)91)25-33-14-18-35(77)19-15-33/h12-19,30-31,36-44,47,74-77H,5-11,20-29,59-60H2,1-4H3,(H,64,81)(H,65,89)(H,66,82)(H,67,86)(H,68,88)(H,69,84)(H,70,83)(H,71,87)(H,72,85)(H,79,80)(H,90,91)(H4,61,62,63)/t36-,37-,38-,39-,40-,41-,42-,43-,44-,47-/m0/s1. The summed E-state index contributed by atoms with van der Waals surface area (Å²) in [5.74, 6) is -14.0. The van der Waals surface area contributed by atoms with E-state index < -0.39 is 164 Å². The van der Waals surface area contributed by atoms with Crippen LogP contribution in [-0.4, -0.2) is 212 Å². The van der Waals surface area contributed by atoms with E-state index in [1.807, 2.05) is 0 Å². The van der Waals surface area contributed by atoms with Crippen LogP contribution < -0.4 is 70.4 Å². The Hall–Kier alpha value is -9.21. The smallest absolute Gasteiger partial charge is 0.326 e. The lowest BCUT2D eigenvalue weighted by Crippen LogP contribution is -2.62. The van der Waals surface area contributed by atoms with E-state index in [1.165, 1.54) is 53.4 Å². The number of likely N-dealkylation sites (tertiary alicyclic amines) is 1. The summed E-state index contributed by atoms with van der Waals surface area (Å²) in [5, 5.41) is 91.1. The molecule has 1 fully saturated rings. The van der Waals surface area contributed by atoms with Crippen molar-refractivity contribution >= 4 is 77.0 Å². The van der Waals surface area contributed by atoms with Gasteiger partial charge in [-0.2, -0.15) is 0 Å². The zero-order valence-corrected chi connectivity index (χ0v) is 51.3. The number of nitrogens with two attached hydrogens (primary N) is 3. The molecule has 2 aromatic rings. The van der Waals surface area contributed by atoms with E-state index in [4.69, 9.17) is 22.6 Å². The number of carboxylic acids is 2. The number of carbonyl (C=O) groups is 12. The highest BCUT2D eigenvalue weighted by molar-refractivity contribution is 5.99. The Balaban J connectivity index is 1.80. The maximum Gasteiger partial charge on any atom is 0.326 e. The fourth-order valence-electron chi connectivity index (χ4n) is 9.47. The van der Waals surface area contributed by atoms with Crippen LogP contribution in [0.5, 0.6) is 11.5 Å². The first-order valence-corrected chi connectivity index (χ1v) is 29.7. The van der Waals surface area contributed by atoms with E-state index in [-0.39, 0.29) is 81.4 Å². The number of aliphatic hydroxyl groups is 2. The lowest BCUT2D eigenvalue weighted by molar-refractivity contribution is -0.143. The molecule has 3 rings (SSSR count). The van der Waals surface area contributed by atoms with Crippen molar-refractivity contribution in [2.24, 2.45) is 29.0 Å². The Kier molecular flexibility index (Phi) is 32.1. The molecule has 1 aliphatic heterocycles. The van der Waals surface area contributed by atoms with Gasteiger partial charge in [-0.3, -0.25) is 58.1 Å². The van der Waals surface area contributed by atoms with Crippen molar-refractivity contribution < 1.29 is 88.2 Å². The van der Waals surface area contributed by atoms with Gasteiger partial charge in [0.05, 0.1) is 32.2 Å². The predicted molar refractivity (Wildman–Crippen MR) is 325 cm³/mol. The minimum Gasteiger partial charge on any atom is -0.508 e. The van der Waals surface area contributed by atoms with Crippen LogP contribution in [0.1, 0.15) is 96.6 Å². The molecule has 1 aliphatic rings. The number of benzene rings is 2. The Morgan fingerprint density at radius 3 is 1.57 bits per heavy atom. The molecule has 2 aromatic carbocycles. The van der Waals surface area contributed by atoms with Crippen molar-refractivity contribution in [1.82, 2.24) is 58.1 Å². The molecule has 1 heterocycles. The molecule has 33 nitrogen and oxygen atoms in total. The molecular weight excluding hydrogens is 1190 g/mol. The van der Waals surface area contributed by atoms with Crippen molar-refractivity contribution in [3.8, 4) is 11.5 Å². The van der Waals surface area contributed by atoms with Crippen LogP contribution in [0, 0.1) is 17.2 Å². The average Bonchev–Trinajstić information content (AvgIpc) is 2.34. The molecule has 91 heavy (non-hydrogen) atoms. The number of phenols is 2. The van der Waals surface area contributed by atoms with E-state index in [0.717, 1.165) is 0 Å². The molecule has 0 spiro atoms. The lowest BCUT2D eigenvalue weighted by atomic mass is 9.98. The third kappa shape index (κ3) is 26.4. The van der Waals surface area contributed by atoms with Gasteiger partial charge < -0.3 is 106 Å². The second-order valence-electron chi connectivity index (χ2n) is 22.7. The van der Waals surface area contributed by atoms with Gasteiger partial charge >= 0.3 is 11.9 Å². The van der Waals surface area contributed by atoms with Crippen molar-refractivity contribution in [2.45, 2.75) is 159 Å². The summed E-state index contributed by atoms with van der Waals surface area (Å²) >= 11 is 0. The minimum atomic E-state index is -1.99. The summed E-state index contributed by atoms with van der Waals surface area (Å²) in [6.45, 7) is 4.66. The van der Waals surface area contributed by atoms with E-state index in [9.17, 15) is 88.2 Å². The van der Waals surface area contributed by atoms with E-state index in [1.54, 1.807) is 27.7 Å². The number of carboxylic acid groups (broad SMARTS) is 2. The maximum absolute atomic E-state index is 14.4. The number of hydrogen-bond donors (Lipinski definition) is 20. The number of carbonyl (C=O) groups excluding carboxylic acids is 10. The normalized spacial score (nSPS) is 15.8. The fraction of sp³-hybridized carbons (Fsp3) is 0.569. The molecule has 504 valence electrons.